The number of fused-ring (bicyclic) bond motifs is 1. The van der Waals surface area contributed by atoms with Gasteiger partial charge in [-0.3, -0.25) is 18.8 Å². The quantitative estimate of drug-likeness (QED) is 0.668. The standard InChI is InChI=1S/C24H34N6O2/c1-17(2)11-14-29-20-21(26-23(29)28-13-7-10-19(25)16-28)27(3)24(32)30(22(20)31)15-12-18-8-5-4-6-9-18/h4-6,8-9,11,19,23,26H,7,10,12-16,25H2,1-3H3. The summed E-state index contributed by atoms with van der Waals surface area (Å²) < 4.78 is 2.94. The van der Waals surface area contributed by atoms with Crippen LogP contribution in [0.4, 0.5) is 11.5 Å². The Labute approximate surface area is 188 Å². The smallest absolute Gasteiger partial charge is 0.332 e. The van der Waals surface area contributed by atoms with Crippen LogP contribution in [0.1, 0.15) is 32.3 Å². The van der Waals surface area contributed by atoms with Gasteiger partial charge in [-0.05, 0) is 38.7 Å². The Morgan fingerprint density at radius 1 is 1.22 bits per heavy atom. The van der Waals surface area contributed by atoms with Crippen molar-refractivity contribution >= 4 is 11.5 Å². The van der Waals surface area contributed by atoms with Gasteiger partial charge in [-0.1, -0.05) is 42.0 Å². The first-order valence-corrected chi connectivity index (χ1v) is 11.4. The fraction of sp³-hybridized carbons (Fsp3) is 0.500. The molecule has 2 aliphatic rings. The first-order valence-electron chi connectivity index (χ1n) is 11.4. The third kappa shape index (κ3) is 4.38. The van der Waals surface area contributed by atoms with Crippen LogP contribution in [0.2, 0.25) is 0 Å². The lowest BCUT2D eigenvalue weighted by molar-refractivity contribution is 0.164. The molecule has 1 saturated heterocycles. The molecule has 0 aliphatic carbocycles. The zero-order valence-corrected chi connectivity index (χ0v) is 19.3. The lowest BCUT2D eigenvalue weighted by Gasteiger charge is -2.39. The molecule has 32 heavy (non-hydrogen) atoms. The molecule has 3 N–H and O–H groups in total. The van der Waals surface area contributed by atoms with Crippen molar-refractivity contribution in [2.45, 2.75) is 52.0 Å². The number of anilines is 2. The maximum atomic E-state index is 13.6. The zero-order chi connectivity index (χ0) is 22.8. The van der Waals surface area contributed by atoms with Crippen molar-refractivity contribution in [1.29, 1.82) is 0 Å². The maximum Gasteiger partial charge on any atom is 0.332 e. The van der Waals surface area contributed by atoms with E-state index in [1.807, 2.05) is 30.3 Å². The fourth-order valence-corrected chi connectivity index (χ4v) is 4.60. The summed E-state index contributed by atoms with van der Waals surface area (Å²) in [4.78, 5) is 31.1. The highest BCUT2D eigenvalue weighted by Crippen LogP contribution is 2.32. The van der Waals surface area contributed by atoms with Gasteiger partial charge in [0.1, 0.15) is 11.5 Å². The predicted octanol–water partition coefficient (Wildman–Crippen LogP) is 1.69. The molecular formula is C24H34N6O2. The summed E-state index contributed by atoms with van der Waals surface area (Å²) in [5.41, 5.74) is 8.55. The van der Waals surface area contributed by atoms with E-state index < -0.39 is 0 Å². The number of nitrogens with zero attached hydrogens (tertiary/aromatic N) is 4. The van der Waals surface area contributed by atoms with Gasteiger partial charge in [-0.2, -0.15) is 0 Å². The monoisotopic (exact) mass is 438 g/mol. The number of piperidine rings is 1. The number of allylic oxidation sites excluding steroid dienone is 1. The van der Waals surface area contributed by atoms with Gasteiger partial charge in [0.25, 0.3) is 5.56 Å². The minimum atomic E-state index is -0.296. The van der Waals surface area contributed by atoms with E-state index in [2.05, 4.69) is 35.0 Å². The average Bonchev–Trinajstić information content (AvgIpc) is 3.17. The fourth-order valence-electron chi connectivity index (χ4n) is 4.60. The number of hydrogen-bond acceptors (Lipinski definition) is 6. The van der Waals surface area contributed by atoms with E-state index in [9.17, 15) is 9.59 Å². The van der Waals surface area contributed by atoms with E-state index in [1.54, 1.807) is 11.6 Å². The zero-order valence-electron chi connectivity index (χ0n) is 19.3. The molecule has 0 radical (unpaired) electrons. The minimum absolute atomic E-state index is 0.117. The summed E-state index contributed by atoms with van der Waals surface area (Å²) in [6.07, 6.45) is 4.57. The number of aryl methyl sites for hydroxylation is 1. The normalized spacial score (nSPS) is 20.7. The number of aromatic nitrogens is 2. The lowest BCUT2D eigenvalue weighted by Crippen LogP contribution is -2.56. The summed E-state index contributed by atoms with van der Waals surface area (Å²) in [7, 11) is 1.73. The molecule has 4 rings (SSSR count). The molecule has 0 bridgehead atoms. The van der Waals surface area contributed by atoms with Gasteiger partial charge in [0, 0.05) is 39.3 Å². The highest BCUT2D eigenvalue weighted by molar-refractivity contribution is 5.72. The Morgan fingerprint density at radius 2 is 1.97 bits per heavy atom. The molecule has 0 saturated carbocycles. The number of likely N-dealkylation sites (tertiary alicyclic amines) is 1. The molecule has 3 heterocycles. The highest BCUT2D eigenvalue weighted by atomic mass is 16.2. The van der Waals surface area contributed by atoms with E-state index >= 15 is 0 Å². The van der Waals surface area contributed by atoms with Gasteiger partial charge in [0.05, 0.1) is 0 Å². The molecule has 1 fully saturated rings. The van der Waals surface area contributed by atoms with Crippen molar-refractivity contribution in [2.75, 3.05) is 29.9 Å². The predicted molar refractivity (Wildman–Crippen MR) is 129 cm³/mol. The van der Waals surface area contributed by atoms with E-state index in [-0.39, 0.29) is 23.6 Å². The van der Waals surface area contributed by atoms with Crippen molar-refractivity contribution in [3.63, 3.8) is 0 Å². The number of nitrogens with one attached hydrogen (secondary N) is 1. The van der Waals surface area contributed by atoms with Gasteiger partial charge in [0.15, 0.2) is 6.29 Å². The molecule has 0 spiro atoms. The van der Waals surface area contributed by atoms with Crippen molar-refractivity contribution in [3.8, 4) is 0 Å². The first kappa shape index (κ1) is 22.4. The van der Waals surface area contributed by atoms with E-state index in [0.29, 0.717) is 31.0 Å². The molecule has 0 amide bonds. The van der Waals surface area contributed by atoms with Crippen LogP contribution in [0.15, 0.2) is 51.6 Å². The number of rotatable bonds is 6. The third-order valence-electron chi connectivity index (χ3n) is 6.37. The SMILES string of the molecule is CC(C)=CCN1c2c(n(C)c(=O)n(CCc3ccccc3)c2=O)NC1N1CCCC(N)C1. The molecule has 1 aromatic heterocycles. The van der Waals surface area contributed by atoms with Crippen LogP contribution in [-0.4, -0.2) is 46.0 Å². The van der Waals surface area contributed by atoms with E-state index in [0.717, 1.165) is 31.5 Å². The second kappa shape index (κ2) is 9.34. The lowest BCUT2D eigenvalue weighted by atomic mass is 10.1. The summed E-state index contributed by atoms with van der Waals surface area (Å²) >= 11 is 0. The first-order chi connectivity index (χ1) is 15.4. The van der Waals surface area contributed by atoms with Crippen molar-refractivity contribution in [1.82, 2.24) is 14.0 Å². The Balaban J connectivity index is 1.72. The van der Waals surface area contributed by atoms with Crippen LogP contribution in [0.5, 0.6) is 0 Å². The molecule has 8 nitrogen and oxygen atoms in total. The van der Waals surface area contributed by atoms with Gasteiger partial charge in [0.2, 0.25) is 0 Å². The maximum absolute atomic E-state index is 13.6. The van der Waals surface area contributed by atoms with Crippen LogP contribution in [0, 0.1) is 0 Å². The van der Waals surface area contributed by atoms with E-state index in [1.165, 1.54) is 10.1 Å². The van der Waals surface area contributed by atoms with Crippen LogP contribution in [0.3, 0.4) is 0 Å². The van der Waals surface area contributed by atoms with Crippen LogP contribution < -0.4 is 27.2 Å². The van der Waals surface area contributed by atoms with Crippen molar-refractivity contribution in [2.24, 2.45) is 12.8 Å². The second-order valence-corrected chi connectivity index (χ2v) is 9.08. The summed E-state index contributed by atoms with van der Waals surface area (Å²) in [5.74, 6) is 0.585. The number of hydrogen-bond donors (Lipinski definition) is 2. The van der Waals surface area contributed by atoms with E-state index in [4.69, 9.17) is 5.73 Å². The number of benzene rings is 1. The Kier molecular flexibility index (Phi) is 6.53. The Morgan fingerprint density at radius 3 is 2.66 bits per heavy atom. The number of nitrogens with two attached hydrogens (primary N) is 1. The molecule has 2 aliphatic heterocycles. The Bertz CT molecular complexity index is 1100. The highest BCUT2D eigenvalue weighted by Gasteiger charge is 2.38. The third-order valence-corrected chi connectivity index (χ3v) is 6.37. The van der Waals surface area contributed by atoms with Crippen molar-refractivity contribution in [3.05, 3.63) is 68.4 Å². The van der Waals surface area contributed by atoms with Gasteiger partial charge >= 0.3 is 5.69 Å². The van der Waals surface area contributed by atoms with Crippen molar-refractivity contribution < 1.29 is 0 Å². The minimum Gasteiger partial charge on any atom is -0.337 e. The van der Waals surface area contributed by atoms with Crippen LogP contribution >= 0.6 is 0 Å². The molecule has 1 aromatic carbocycles. The molecule has 8 heteroatoms. The van der Waals surface area contributed by atoms with Gasteiger partial charge < -0.3 is 16.0 Å². The largest absolute Gasteiger partial charge is 0.337 e. The molecule has 172 valence electrons. The summed E-state index contributed by atoms with van der Waals surface area (Å²) in [6, 6.07) is 10.0. The molecule has 2 aromatic rings. The summed E-state index contributed by atoms with van der Waals surface area (Å²) in [6.45, 7) is 6.70. The van der Waals surface area contributed by atoms with Gasteiger partial charge in [-0.25, -0.2) is 4.79 Å². The molecular weight excluding hydrogens is 404 g/mol. The van der Waals surface area contributed by atoms with Gasteiger partial charge in [-0.15, -0.1) is 0 Å². The molecule has 2 atom stereocenters. The van der Waals surface area contributed by atoms with Crippen LogP contribution in [0.25, 0.3) is 0 Å². The van der Waals surface area contributed by atoms with Crippen LogP contribution in [-0.2, 0) is 20.0 Å². The molecule has 2 unspecified atom stereocenters. The second-order valence-electron chi connectivity index (χ2n) is 9.08. The topological polar surface area (TPSA) is 88.5 Å². The average molecular weight is 439 g/mol. The summed E-state index contributed by atoms with van der Waals surface area (Å²) in [5, 5.41) is 3.47. The Hall–Kier alpha value is -2.84.